The van der Waals surface area contributed by atoms with Crippen LogP contribution in [0.3, 0.4) is 0 Å². The summed E-state index contributed by atoms with van der Waals surface area (Å²) < 4.78 is 46.3. The van der Waals surface area contributed by atoms with E-state index in [1.54, 1.807) is 62.2 Å². The first kappa shape index (κ1) is 28.5. The van der Waals surface area contributed by atoms with Crippen molar-refractivity contribution < 1.29 is 28.2 Å². The lowest BCUT2D eigenvalue weighted by Gasteiger charge is -2.34. The largest absolute Gasteiger partial charge is 0.384 e. The van der Waals surface area contributed by atoms with Gasteiger partial charge in [0.05, 0.1) is 22.8 Å². The minimum Gasteiger partial charge on any atom is -0.384 e. The van der Waals surface area contributed by atoms with E-state index in [1.807, 2.05) is 6.07 Å². The van der Waals surface area contributed by atoms with Crippen LogP contribution in [0.2, 0.25) is 0 Å². The summed E-state index contributed by atoms with van der Waals surface area (Å²) in [6.45, 7) is 6.65. The van der Waals surface area contributed by atoms with Crippen LogP contribution in [0.1, 0.15) is 56.3 Å². The third-order valence-corrected chi connectivity index (χ3v) is 7.75. The molecule has 1 aliphatic rings. The van der Waals surface area contributed by atoms with Crippen molar-refractivity contribution in [2.75, 3.05) is 16.8 Å². The molecular formula is C31H31F3N4O3. The fourth-order valence-corrected chi connectivity index (χ4v) is 5.37. The molecule has 2 atom stereocenters. The van der Waals surface area contributed by atoms with Crippen molar-refractivity contribution in [3.8, 4) is 0 Å². The molecule has 0 unspecified atom stereocenters. The van der Waals surface area contributed by atoms with E-state index < -0.39 is 40.5 Å². The summed E-state index contributed by atoms with van der Waals surface area (Å²) in [5.41, 5.74) is -3.29. The van der Waals surface area contributed by atoms with Crippen LogP contribution in [0, 0.1) is 12.7 Å². The molecule has 7 nitrogen and oxygen atoms in total. The number of carbonyl (C=O) groups excluding carboxylic acids is 1. The maximum atomic E-state index is 16.0. The average molecular weight is 565 g/mol. The molecule has 4 aromatic rings. The molecule has 214 valence electrons. The van der Waals surface area contributed by atoms with Crippen molar-refractivity contribution in [1.29, 1.82) is 0 Å². The Balaban J connectivity index is 1.77. The Labute approximate surface area is 235 Å². The van der Waals surface area contributed by atoms with Crippen LogP contribution in [0.15, 0.2) is 60.7 Å². The Hall–Kier alpha value is -4.02. The number of aromatic nitrogens is 2. The zero-order valence-electron chi connectivity index (χ0n) is 23.6. The number of aryl methyl sites for hydroxylation is 1. The van der Waals surface area contributed by atoms with Gasteiger partial charge in [0.25, 0.3) is 5.91 Å². The zero-order valence-corrected chi connectivity index (χ0v) is 23.6. The van der Waals surface area contributed by atoms with Gasteiger partial charge in [-0.3, -0.25) is 4.79 Å². The second-order valence-electron chi connectivity index (χ2n) is 11.1. The van der Waals surface area contributed by atoms with Gasteiger partial charge in [-0.1, -0.05) is 30.3 Å². The molecule has 41 heavy (non-hydrogen) atoms. The van der Waals surface area contributed by atoms with Gasteiger partial charge in [0.15, 0.2) is 5.60 Å². The number of anilines is 3. The summed E-state index contributed by atoms with van der Waals surface area (Å²) in [6.07, 6.45) is 0. The quantitative estimate of drug-likeness (QED) is 0.298. The van der Waals surface area contributed by atoms with E-state index in [1.165, 1.54) is 24.0 Å². The molecule has 2 heterocycles. The highest BCUT2D eigenvalue weighted by atomic mass is 19.3. The minimum absolute atomic E-state index is 0.0391. The van der Waals surface area contributed by atoms with Crippen LogP contribution < -0.4 is 9.80 Å². The normalized spacial score (nSPS) is 18.1. The second kappa shape index (κ2) is 9.53. The van der Waals surface area contributed by atoms with Gasteiger partial charge in [-0.25, -0.2) is 14.4 Å². The van der Waals surface area contributed by atoms with Crippen LogP contribution in [0.4, 0.5) is 30.4 Å². The van der Waals surface area contributed by atoms with E-state index >= 15 is 13.2 Å². The number of fused-ring (bicyclic) bond motifs is 2. The van der Waals surface area contributed by atoms with Gasteiger partial charge in [0.1, 0.15) is 23.1 Å². The summed E-state index contributed by atoms with van der Waals surface area (Å²) in [6, 6.07) is 15.2. The van der Waals surface area contributed by atoms with Crippen molar-refractivity contribution in [2.45, 2.75) is 57.8 Å². The first-order valence-corrected chi connectivity index (χ1v) is 13.1. The third kappa shape index (κ3) is 4.42. The Morgan fingerprint density at radius 2 is 1.71 bits per heavy atom. The number of alkyl halides is 2. The lowest BCUT2D eigenvalue weighted by atomic mass is 9.90. The summed E-state index contributed by atoms with van der Waals surface area (Å²) in [7, 11) is 1.57. The highest BCUT2D eigenvalue weighted by molar-refractivity contribution is 6.09. The number of benzene rings is 3. The summed E-state index contributed by atoms with van der Waals surface area (Å²) >= 11 is 0. The summed E-state index contributed by atoms with van der Waals surface area (Å²) in [4.78, 5) is 25.1. The van der Waals surface area contributed by atoms with Gasteiger partial charge in [-0.05, 0) is 65.0 Å². The molecule has 2 N–H and O–H groups in total. The molecule has 0 aliphatic carbocycles. The number of likely N-dealkylation sites (N-methyl/N-ethyl adjacent to an activating group) is 1. The topological polar surface area (TPSA) is 89.8 Å². The Kier molecular flexibility index (Phi) is 6.62. The number of hydrogen-bond acceptors (Lipinski definition) is 6. The van der Waals surface area contributed by atoms with Crippen molar-refractivity contribution >= 4 is 34.0 Å². The maximum absolute atomic E-state index is 16.0. The number of para-hydroxylation sites is 1. The standard InChI is InChI=1S/C31H31F3N4O3/c1-17(20-13-10-14-22(26(20)32)31(33,34)29(3,4)40)38(19-11-8-7-9-12-19)27-21-15-23-25(16-24(21)35-18(2)36-27)37(6)28(39)30(23,5)41/h7-17,40-41H,1-6H3/t17-,30-/m1/s1. The van der Waals surface area contributed by atoms with Crippen LogP contribution in [-0.4, -0.2) is 38.7 Å². The van der Waals surface area contributed by atoms with Crippen molar-refractivity contribution in [3.63, 3.8) is 0 Å². The van der Waals surface area contributed by atoms with E-state index in [0.717, 1.165) is 19.9 Å². The van der Waals surface area contributed by atoms with E-state index in [9.17, 15) is 15.0 Å². The number of amides is 1. The van der Waals surface area contributed by atoms with Gasteiger partial charge in [-0.15, -0.1) is 0 Å². The van der Waals surface area contributed by atoms with Crippen molar-refractivity contribution in [3.05, 3.63) is 89.0 Å². The molecule has 0 bridgehead atoms. The fourth-order valence-electron chi connectivity index (χ4n) is 5.37. The molecule has 3 aromatic carbocycles. The highest BCUT2D eigenvalue weighted by Crippen LogP contribution is 2.46. The smallest absolute Gasteiger partial charge is 0.303 e. The zero-order chi connectivity index (χ0) is 30.1. The van der Waals surface area contributed by atoms with Crippen LogP contribution >= 0.6 is 0 Å². The first-order valence-electron chi connectivity index (χ1n) is 13.1. The molecular weight excluding hydrogens is 533 g/mol. The molecule has 1 amide bonds. The van der Waals surface area contributed by atoms with E-state index in [2.05, 4.69) is 4.98 Å². The number of halogens is 3. The number of nitrogens with zero attached hydrogens (tertiary/aromatic N) is 4. The van der Waals surface area contributed by atoms with E-state index in [-0.39, 0.29) is 5.56 Å². The van der Waals surface area contributed by atoms with E-state index in [4.69, 9.17) is 4.98 Å². The van der Waals surface area contributed by atoms with Gasteiger partial charge in [0, 0.05) is 29.2 Å². The first-order chi connectivity index (χ1) is 19.1. The Bertz CT molecular complexity index is 1670. The van der Waals surface area contributed by atoms with Crippen LogP contribution in [0.25, 0.3) is 10.9 Å². The molecule has 0 radical (unpaired) electrons. The minimum atomic E-state index is -3.87. The van der Waals surface area contributed by atoms with Gasteiger partial charge >= 0.3 is 5.92 Å². The molecule has 0 spiro atoms. The lowest BCUT2D eigenvalue weighted by Crippen LogP contribution is -2.41. The molecule has 1 aromatic heterocycles. The second-order valence-corrected chi connectivity index (χ2v) is 11.1. The van der Waals surface area contributed by atoms with E-state index in [0.29, 0.717) is 39.5 Å². The Morgan fingerprint density at radius 3 is 2.34 bits per heavy atom. The van der Waals surface area contributed by atoms with Gasteiger partial charge < -0.3 is 20.0 Å². The molecule has 1 aliphatic heterocycles. The predicted molar refractivity (Wildman–Crippen MR) is 151 cm³/mol. The average Bonchev–Trinajstić information content (AvgIpc) is 3.07. The monoisotopic (exact) mass is 564 g/mol. The molecule has 0 saturated carbocycles. The number of rotatable bonds is 6. The van der Waals surface area contributed by atoms with Gasteiger partial charge in [0.2, 0.25) is 0 Å². The predicted octanol–water partition coefficient (Wildman–Crippen LogP) is 6.02. The molecule has 10 heteroatoms. The number of carbonyl (C=O) groups is 1. The van der Waals surface area contributed by atoms with Crippen LogP contribution in [0.5, 0.6) is 0 Å². The Morgan fingerprint density at radius 1 is 1.05 bits per heavy atom. The summed E-state index contributed by atoms with van der Waals surface area (Å²) in [5, 5.41) is 21.7. The van der Waals surface area contributed by atoms with Crippen molar-refractivity contribution in [2.24, 2.45) is 0 Å². The molecule has 5 rings (SSSR count). The molecule has 0 fully saturated rings. The van der Waals surface area contributed by atoms with Gasteiger partial charge in [-0.2, -0.15) is 8.78 Å². The molecule has 0 saturated heterocycles. The fraction of sp³-hybridized carbons (Fsp3) is 0.323. The third-order valence-electron chi connectivity index (χ3n) is 7.75. The lowest BCUT2D eigenvalue weighted by molar-refractivity contribution is -0.170. The van der Waals surface area contributed by atoms with Crippen LogP contribution in [-0.2, 0) is 16.3 Å². The number of aliphatic hydroxyl groups is 2. The number of hydrogen-bond donors (Lipinski definition) is 2. The highest BCUT2D eigenvalue weighted by Gasteiger charge is 2.49. The SMILES string of the molecule is Cc1nc(N(c2ccccc2)[C@H](C)c2cccc(C(F)(F)C(C)(C)O)c2F)c2cc3c(cc2n1)N(C)C(=O)[C@]3(C)O. The van der Waals surface area contributed by atoms with Crippen molar-refractivity contribution in [1.82, 2.24) is 9.97 Å². The maximum Gasteiger partial charge on any atom is 0.303 e. The summed E-state index contributed by atoms with van der Waals surface area (Å²) in [5.74, 6) is -4.77.